The van der Waals surface area contributed by atoms with Crippen LogP contribution in [0.1, 0.15) is 28.4 Å². The standard InChI is InChI=1S/C12H11NO3/c1-2-8-3-4-11(14)10(5-8)12(15)9-6-13-16-7-9/h3-7,14H,2H2,1H3. The van der Waals surface area contributed by atoms with Crippen LogP contribution in [0.5, 0.6) is 5.75 Å². The molecule has 16 heavy (non-hydrogen) atoms. The second-order valence-electron chi connectivity index (χ2n) is 3.45. The van der Waals surface area contributed by atoms with E-state index in [9.17, 15) is 9.90 Å². The SMILES string of the molecule is CCc1ccc(O)c(C(=O)c2cnoc2)c1. The van der Waals surface area contributed by atoms with Gasteiger partial charge in [-0.15, -0.1) is 0 Å². The van der Waals surface area contributed by atoms with E-state index in [1.54, 1.807) is 12.1 Å². The summed E-state index contributed by atoms with van der Waals surface area (Å²) in [6, 6.07) is 5.00. The second-order valence-corrected chi connectivity index (χ2v) is 3.45. The van der Waals surface area contributed by atoms with Gasteiger partial charge in [-0.2, -0.15) is 0 Å². The number of aryl methyl sites for hydroxylation is 1. The van der Waals surface area contributed by atoms with Gasteiger partial charge < -0.3 is 9.63 Å². The largest absolute Gasteiger partial charge is 0.507 e. The van der Waals surface area contributed by atoms with E-state index in [-0.39, 0.29) is 17.1 Å². The van der Waals surface area contributed by atoms with Crippen molar-refractivity contribution in [3.8, 4) is 5.75 Å². The summed E-state index contributed by atoms with van der Waals surface area (Å²) in [7, 11) is 0. The number of aromatic hydroxyl groups is 1. The van der Waals surface area contributed by atoms with Gasteiger partial charge in [-0.1, -0.05) is 18.1 Å². The lowest BCUT2D eigenvalue weighted by Gasteiger charge is -2.04. The molecule has 0 saturated carbocycles. The molecule has 2 aromatic rings. The first-order chi connectivity index (χ1) is 7.72. The van der Waals surface area contributed by atoms with Crippen LogP contribution in [0.3, 0.4) is 0 Å². The molecule has 0 radical (unpaired) electrons. The molecule has 0 fully saturated rings. The summed E-state index contributed by atoms with van der Waals surface area (Å²) in [5.41, 5.74) is 1.61. The van der Waals surface area contributed by atoms with Crippen LogP contribution < -0.4 is 0 Å². The Labute approximate surface area is 92.5 Å². The third kappa shape index (κ3) is 1.82. The number of rotatable bonds is 3. The Bertz CT molecular complexity index is 503. The van der Waals surface area contributed by atoms with Gasteiger partial charge in [0.25, 0.3) is 0 Å². The summed E-state index contributed by atoms with van der Waals surface area (Å²) in [5.74, 6) is -0.308. The highest BCUT2D eigenvalue weighted by Gasteiger charge is 2.15. The maximum absolute atomic E-state index is 11.9. The smallest absolute Gasteiger partial charge is 0.201 e. The molecule has 4 nitrogen and oxygen atoms in total. The van der Waals surface area contributed by atoms with Crippen LogP contribution in [0.2, 0.25) is 0 Å². The number of benzene rings is 1. The van der Waals surface area contributed by atoms with Gasteiger partial charge >= 0.3 is 0 Å². The normalized spacial score (nSPS) is 10.3. The van der Waals surface area contributed by atoms with Crippen molar-refractivity contribution in [1.82, 2.24) is 5.16 Å². The predicted molar refractivity (Wildman–Crippen MR) is 57.4 cm³/mol. The quantitative estimate of drug-likeness (QED) is 0.800. The highest BCUT2D eigenvalue weighted by atomic mass is 16.5. The molecule has 0 aliphatic heterocycles. The van der Waals surface area contributed by atoms with Crippen LogP contribution in [0, 0.1) is 0 Å². The lowest BCUT2D eigenvalue weighted by Crippen LogP contribution is -2.01. The Balaban J connectivity index is 2.43. The first kappa shape index (κ1) is 10.4. The van der Waals surface area contributed by atoms with E-state index in [1.807, 2.05) is 6.92 Å². The molecule has 1 aromatic carbocycles. The first-order valence-corrected chi connectivity index (χ1v) is 4.98. The van der Waals surface area contributed by atoms with Gasteiger partial charge in [0.15, 0.2) is 0 Å². The molecule has 1 aromatic heterocycles. The zero-order valence-corrected chi connectivity index (χ0v) is 8.80. The molecular weight excluding hydrogens is 206 g/mol. The molecule has 0 unspecified atom stereocenters. The maximum atomic E-state index is 11.9. The zero-order chi connectivity index (χ0) is 11.5. The molecule has 2 rings (SSSR count). The third-order valence-corrected chi connectivity index (χ3v) is 2.41. The monoisotopic (exact) mass is 217 g/mol. The summed E-state index contributed by atoms with van der Waals surface area (Å²) in [6.07, 6.45) is 3.41. The summed E-state index contributed by atoms with van der Waals surface area (Å²) in [4.78, 5) is 11.9. The minimum atomic E-state index is -0.283. The van der Waals surface area contributed by atoms with Crippen LogP contribution in [0.25, 0.3) is 0 Å². The van der Waals surface area contributed by atoms with E-state index in [0.29, 0.717) is 5.56 Å². The first-order valence-electron chi connectivity index (χ1n) is 4.98. The van der Waals surface area contributed by atoms with Crippen LogP contribution >= 0.6 is 0 Å². The average Bonchev–Trinajstić information content (AvgIpc) is 2.82. The number of aromatic nitrogens is 1. The average molecular weight is 217 g/mol. The van der Waals surface area contributed by atoms with Crippen molar-refractivity contribution in [1.29, 1.82) is 0 Å². The highest BCUT2D eigenvalue weighted by Crippen LogP contribution is 2.22. The molecule has 0 bridgehead atoms. The molecule has 0 aliphatic carbocycles. The maximum Gasteiger partial charge on any atom is 0.201 e. The van der Waals surface area contributed by atoms with Crippen molar-refractivity contribution in [3.63, 3.8) is 0 Å². The molecule has 1 heterocycles. The van der Waals surface area contributed by atoms with Gasteiger partial charge in [0, 0.05) is 0 Å². The molecule has 0 aliphatic rings. The fraction of sp³-hybridized carbons (Fsp3) is 0.167. The van der Waals surface area contributed by atoms with E-state index < -0.39 is 0 Å². The minimum Gasteiger partial charge on any atom is -0.507 e. The number of phenols is 1. The van der Waals surface area contributed by atoms with Crippen molar-refractivity contribution in [2.75, 3.05) is 0 Å². The van der Waals surface area contributed by atoms with Gasteiger partial charge in [0.1, 0.15) is 12.0 Å². The van der Waals surface area contributed by atoms with E-state index in [4.69, 9.17) is 0 Å². The number of nitrogens with zero attached hydrogens (tertiary/aromatic N) is 1. The topological polar surface area (TPSA) is 63.3 Å². The molecule has 0 amide bonds. The number of ketones is 1. The number of hydrogen-bond donors (Lipinski definition) is 1. The third-order valence-electron chi connectivity index (χ3n) is 2.41. The van der Waals surface area contributed by atoms with Gasteiger partial charge in [0.2, 0.25) is 5.78 Å². The van der Waals surface area contributed by atoms with Crippen molar-refractivity contribution >= 4 is 5.78 Å². The Morgan fingerprint density at radius 3 is 2.94 bits per heavy atom. The molecule has 82 valence electrons. The summed E-state index contributed by atoms with van der Waals surface area (Å²) in [6.45, 7) is 1.99. The number of carbonyl (C=O) groups is 1. The van der Waals surface area contributed by atoms with Gasteiger partial charge in [-0.3, -0.25) is 4.79 Å². The Morgan fingerprint density at radius 1 is 1.50 bits per heavy atom. The summed E-state index contributed by atoms with van der Waals surface area (Å²) >= 11 is 0. The number of carbonyl (C=O) groups excluding carboxylic acids is 1. The zero-order valence-electron chi connectivity index (χ0n) is 8.80. The lowest BCUT2D eigenvalue weighted by molar-refractivity contribution is 0.103. The van der Waals surface area contributed by atoms with Gasteiger partial charge in [-0.25, -0.2) is 0 Å². The van der Waals surface area contributed by atoms with E-state index in [0.717, 1.165) is 12.0 Å². The van der Waals surface area contributed by atoms with E-state index >= 15 is 0 Å². The lowest BCUT2D eigenvalue weighted by atomic mass is 10.0. The molecule has 0 spiro atoms. The predicted octanol–water partition coefficient (Wildman–Crippen LogP) is 2.17. The van der Waals surface area contributed by atoms with Crippen LogP contribution in [-0.4, -0.2) is 16.0 Å². The Kier molecular flexibility index (Phi) is 2.72. The molecular formula is C12H11NO3. The van der Waals surface area contributed by atoms with Crippen molar-refractivity contribution in [2.45, 2.75) is 13.3 Å². The van der Waals surface area contributed by atoms with Crippen LogP contribution in [0.15, 0.2) is 35.2 Å². The number of hydrogen-bond acceptors (Lipinski definition) is 4. The molecule has 0 atom stereocenters. The van der Waals surface area contributed by atoms with Gasteiger partial charge in [-0.05, 0) is 24.1 Å². The van der Waals surface area contributed by atoms with Gasteiger partial charge in [0.05, 0.1) is 17.3 Å². The van der Waals surface area contributed by atoms with E-state index in [2.05, 4.69) is 9.68 Å². The molecule has 0 saturated heterocycles. The fourth-order valence-corrected chi connectivity index (χ4v) is 1.46. The molecule has 1 N–H and O–H groups in total. The summed E-state index contributed by atoms with van der Waals surface area (Å²) < 4.78 is 4.60. The van der Waals surface area contributed by atoms with Crippen LogP contribution in [0.4, 0.5) is 0 Å². The van der Waals surface area contributed by atoms with Crippen LogP contribution in [-0.2, 0) is 6.42 Å². The number of phenolic OH excluding ortho intramolecular Hbond substituents is 1. The van der Waals surface area contributed by atoms with E-state index in [1.165, 1.54) is 18.5 Å². The Morgan fingerprint density at radius 2 is 2.31 bits per heavy atom. The second kappa shape index (κ2) is 4.18. The Hall–Kier alpha value is -2.10. The van der Waals surface area contributed by atoms with Crippen molar-refractivity contribution in [2.24, 2.45) is 0 Å². The minimum absolute atomic E-state index is 0.0246. The van der Waals surface area contributed by atoms with Crippen molar-refractivity contribution in [3.05, 3.63) is 47.3 Å². The highest BCUT2D eigenvalue weighted by molar-refractivity contribution is 6.10. The van der Waals surface area contributed by atoms with Crippen molar-refractivity contribution < 1.29 is 14.4 Å². The summed E-state index contributed by atoms with van der Waals surface area (Å²) in [5, 5.41) is 13.1. The molecule has 4 heteroatoms. The fourth-order valence-electron chi connectivity index (χ4n) is 1.46.